The van der Waals surface area contributed by atoms with E-state index in [0.29, 0.717) is 35.0 Å². The molecule has 30 heavy (non-hydrogen) atoms. The van der Waals surface area contributed by atoms with Crippen LogP contribution in [0.1, 0.15) is 28.7 Å². The second-order valence-corrected chi connectivity index (χ2v) is 6.57. The first-order valence-corrected chi connectivity index (χ1v) is 9.38. The minimum Gasteiger partial charge on any atom is -0.492 e. The van der Waals surface area contributed by atoms with Crippen LogP contribution in [0.3, 0.4) is 0 Å². The summed E-state index contributed by atoms with van der Waals surface area (Å²) in [5.74, 6) is -0.771. The monoisotopic (exact) mass is 411 g/mol. The first kappa shape index (κ1) is 21.0. The van der Waals surface area contributed by atoms with Crippen molar-refractivity contribution in [2.24, 2.45) is 0 Å². The summed E-state index contributed by atoms with van der Waals surface area (Å²) in [5, 5.41) is 13.2. The van der Waals surface area contributed by atoms with Gasteiger partial charge in [0.05, 0.1) is 18.0 Å². The topological polar surface area (TPSA) is 98.1 Å². The van der Waals surface area contributed by atoms with Crippen molar-refractivity contribution < 1.29 is 18.7 Å². The van der Waals surface area contributed by atoms with Crippen LogP contribution >= 0.6 is 0 Å². The number of nitrogens with one attached hydrogen (secondary N) is 2. The summed E-state index contributed by atoms with van der Waals surface area (Å²) in [6.45, 7) is 5.58. The second kappa shape index (κ2) is 9.17. The van der Waals surface area contributed by atoms with Gasteiger partial charge in [0.25, 0.3) is 5.91 Å². The zero-order valence-electron chi connectivity index (χ0n) is 16.9. The second-order valence-electron chi connectivity index (χ2n) is 6.57. The molecule has 0 saturated heterocycles. The van der Waals surface area contributed by atoms with Crippen LogP contribution in [-0.2, 0) is 11.3 Å². The van der Waals surface area contributed by atoms with Gasteiger partial charge in [-0.25, -0.2) is 9.07 Å². The van der Waals surface area contributed by atoms with Crippen molar-refractivity contribution in [3.63, 3.8) is 0 Å². The van der Waals surface area contributed by atoms with Gasteiger partial charge in [0, 0.05) is 5.69 Å². The Labute approximate surface area is 173 Å². The van der Waals surface area contributed by atoms with Crippen LogP contribution < -0.4 is 15.4 Å². The third-order valence-electron chi connectivity index (χ3n) is 4.40. The summed E-state index contributed by atoms with van der Waals surface area (Å²) in [6.07, 6.45) is 0. The molecule has 2 aromatic carbocycles. The maximum Gasteiger partial charge on any atom is 0.278 e. The molecule has 0 aliphatic rings. The van der Waals surface area contributed by atoms with Gasteiger partial charge in [-0.2, -0.15) is 0 Å². The zero-order valence-corrected chi connectivity index (χ0v) is 16.9. The molecular weight excluding hydrogens is 389 g/mol. The van der Waals surface area contributed by atoms with E-state index in [0.717, 1.165) is 0 Å². The van der Waals surface area contributed by atoms with E-state index in [2.05, 4.69) is 20.9 Å². The molecule has 0 fully saturated rings. The van der Waals surface area contributed by atoms with E-state index in [4.69, 9.17) is 4.74 Å². The highest BCUT2D eigenvalue weighted by Crippen LogP contribution is 2.23. The quantitative estimate of drug-likeness (QED) is 0.622. The average Bonchev–Trinajstić information content (AvgIpc) is 3.06. The molecule has 1 heterocycles. The number of aromatic nitrogens is 3. The molecule has 2 amide bonds. The Hall–Kier alpha value is -3.75. The SMILES string of the molecule is CCOc1ccccc1NC(=O)Cn1nnc(C(=O)Nc2cc(F)ccc2C)c1C. The van der Waals surface area contributed by atoms with Gasteiger partial charge in [0.15, 0.2) is 5.69 Å². The van der Waals surface area contributed by atoms with E-state index in [9.17, 15) is 14.0 Å². The number of aryl methyl sites for hydroxylation is 1. The average molecular weight is 411 g/mol. The van der Waals surface area contributed by atoms with Crippen molar-refractivity contribution in [2.45, 2.75) is 27.3 Å². The van der Waals surface area contributed by atoms with Crippen LogP contribution in [-0.4, -0.2) is 33.4 Å². The Morgan fingerprint density at radius 3 is 2.63 bits per heavy atom. The van der Waals surface area contributed by atoms with Crippen LogP contribution in [0.5, 0.6) is 5.75 Å². The molecule has 0 unspecified atom stereocenters. The van der Waals surface area contributed by atoms with Crippen LogP contribution in [0, 0.1) is 19.7 Å². The number of para-hydroxylation sites is 2. The third kappa shape index (κ3) is 4.80. The largest absolute Gasteiger partial charge is 0.492 e. The maximum absolute atomic E-state index is 13.4. The van der Waals surface area contributed by atoms with Gasteiger partial charge >= 0.3 is 0 Å². The number of hydrogen-bond donors (Lipinski definition) is 2. The highest BCUT2D eigenvalue weighted by molar-refractivity contribution is 6.04. The van der Waals surface area contributed by atoms with Crippen molar-refractivity contribution in [1.82, 2.24) is 15.0 Å². The molecule has 0 spiro atoms. The van der Waals surface area contributed by atoms with Gasteiger partial charge in [-0.05, 0) is 50.6 Å². The molecule has 3 rings (SSSR count). The van der Waals surface area contributed by atoms with Crippen molar-refractivity contribution in [2.75, 3.05) is 17.2 Å². The predicted octanol–water partition coefficient (Wildman–Crippen LogP) is 3.32. The van der Waals surface area contributed by atoms with Gasteiger partial charge in [0.1, 0.15) is 18.1 Å². The molecule has 2 N–H and O–H groups in total. The lowest BCUT2D eigenvalue weighted by atomic mass is 10.2. The molecule has 0 atom stereocenters. The molecule has 0 saturated carbocycles. The number of anilines is 2. The van der Waals surface area contributed by atoms with Gasteiger partial charge in [-0.1, -0.05) is 23.4 Å². The molecule has 0 aliphatic carbocycles. The Bertz CT molecular complexity index is 1080. The van der Waals surface area contributed by atoms with E-state index >= 15 is 0 Å². The number of hydrogen-bond acceptors (Lipinski definition) is 5. The van der Waals surface area contributed by atoms with Crippen molar-refractivity contribution >= 4 is 23.2 Å². The summed E-state index contributed by atoms with van der Waals surface area (Å²) in [4.78, 5) is 25.0. The number of carbonyl (C=O) groups is 2. The molecule has 9 heteroatoms. The minimum absolute atomic E-state index is 0.0566. The molecule has 0 radical (unpaired) electrons. The summed E-state index contributed by atoms with van der Waals surface area (Å²) < 4.78 is 20.3. The Balaban J connectivity index is 1.70. The fraction of sp³-hybridized carbons (Fsp3) is 0.238. The van der Waals surface area contributed by atoms with Crippen LogP contribution in [0.2, 0.25) is 0 Å². The normalized spacial score (nSPS) is 10.5. The fourth-order valence-electron chi connectivity index (χ4n) is 2.81. The number of amides is 2. The van der Waals surface area contributed by atoms with E-state index < -0.39 is 11.7 Å². The minimum atomic E-state index is -0.533. The first-order valence-electron chi connectivity index (χ1n) is 9.38. The molecule has 1 aromatic heterocycles. The predicted molar refractivity (Wildman–Crippen MR) is 110 cm³/mol. The lowest BCUT2D eigenvalue weighted by Crippen LogP contribution is -2.21. The van der Waals surface area contributed by atoms with Gasteiger partial charge in [-0.3, -0.25) is 9.59 Å². The lowest BCUT2D eigenvalue weighted by Gasteiger charge is -2.11. The van der Waals surface area contributed by atoms with Crippen molar-refractivity contribution in [1.29, 1.82) is 0 Å². The van der Waals surface area contributed by atoms with Crippen LogP contribution in [0.25, 0.3) is 0 Å². The van der Waals surface area contributed by atoms with Crippen molar-refractivity contribution in [3.8, 4) is 5.75 Å². The summed E-state index contributed by atoms with van der Waals surface area (Å²) >= 11 is 0. The van der Waals surface area contributed by atoms with E-state index in [-0.39, 0.29) is 18.1 Å². The van der Waals surface area contributed by atoms with Gasteiger partial charge in [0.2, 0.25) is 5.91 Å². The van der Waals surface area contributed by atoms with Crippen LogP contribution in [0.4, 0.5) is 15.8 Å². The van der Waals surface area contributed by atoms with Crippen LogP contribution in [0.15, 0.2) is 42.5 Å². The number of ether oxygens (including phenoxy) is 1. The van der Waals surface area contributed by atoms with E-state index in [1.54, 1.807) is 38.1 Å². The number of rotatable bonds is 7. The van der Waals surface area contributed by atoms with E-state index in [1.807, 2.05) is 13.0 Å². The summed E-state index contributed by atoms with van der Waals surface area (Å²) in [6, 6.07) is 11.2. The zero-order chi connectivity index (χ0) is 21.7. The fourth-order valence-corrected chi connectivity index (χ4v) is 2.81. The molecule has 0 aliphatic heterocycles. The van der Waals surface area contributed by atoms with Gasteiger partial charge < -0.3 is 15.4 Å². The number of benzene rings is 2. The lowest BCUT2D eigenvalue weighted by molar-refractivity contribution is -0.117. The summed E-state index contributed by atoms with van der Waals surface area (Å²) in [5.41, 5.74) is 2.07. The van der Waals surface area contributed by atoms with Crippen molar-refractivity contribution in [3.05, 3.63) is 65.2 Å². The summed E-state index contributed by atoms with van der Waals surface area (Å²) in [7, 11) is 0. The smallest absolute Gasteiger partial charge is 0.278 e. The Morgan fingerprint density at radius 1 is 1.10 bits per heavy atom. The maximum atomic E-state index is 13.4. The molecule has 3 aromatic rings. The molecule has 156 valence electrons. The number of carbonyl (C=O) groups excluding carboxylic acids is 2. The van der Waals surface area contributed by atoms with E-state index in [1.165, 1.54) is 16.8 Å². The standard InChI is InChI=1S/C21H22FN5O3/c1-4-30-18-8-6-5-7-16(18)23-19(28)12-27-14(3)20(25-26-27)21(29)24-17-11-15(22)10-9-13(17)2/h5-11H,4,12H2,1-3H3,(H,23,28)(H,24,29). The Kier molecular flexibility index (Phi) is 6.41. The molecular formula is C21H22FN5O3. The Morgan fingerprint density at radius 2 is 1.87 bits per heavy atom. The highest BCUT2D eigenvalue weighted by atomic mass is 19.1. The first-order chi connectivity index (χ1) is 14.4. The molecule has 0 bridgehead atoms. The third-order valence-corrected chi connectivity index (χ3v) is 4.40. The number of halogens is 1. The number of nitrogens with zero attached hydrogens (tertiary/aromatic N) is 3. The van der Waals surface area contributed by atoms with Gasteiger partial charge in [-0.15, -0.1) is 5.10 Å². The highest BCUT2D eigenvalue weighted by Gasteiger charge is 2.19. The molecule has 8 nitrogen and oxygen atoms in total.